The molecule has 1 fully saturated rings. The van der Waals surface area contributed by atoms with Gasteiger partial charge >= 0.3 is 0 Å². The number of alkyl halides is 1. The second-order valence-corrected chi connectivity index (χ2v) is 5.87. The van der Waals surface area contributed by atoms with E-state index >= 15 is 0 Å². The Morgan fingerprint density at radius 1 is 1.19 bits per heavy atom. The van der Waals surface area contributed by atoms with Crippen molar-refractivity contribution < 1.29 is 9.53 Å². The van der Waals surface area contributed by atoms with Gasteiger partial charge in [-0.3, -0.25) is 9.69 Å². The smallest absolute Gasteiger partial charge is 0.253 e. The van der Waals surface area contributed by atoms with Crippen LogP contribution in [0.15, 0.2) is 24.3 Å². The van der Waals surface area contributed by atoms with Gasteiger partial charge in [0, 0.05) is 44.2 Å². The maximum absolute atomic E-state index is 12.5. The van der Waals surface area contributed by atoms with E-state index in [1.807, 2.05) is 29.2 Å². The highest BCUT2D eigenvalue weighted by Crippen LogP contribution is 2.12. The molecule has 0 bridgehead atoms. The average molecular weight is 355 g/mol. The standard InChI is InChI=1S/C16H23BrN2O2/c1-21-12-11-18-7-2-8-19(10-9-18)16(20)15-5-3-14(13-17)4-6-15/h3-6H,2,7-13H2,1H3. The number of carbonyl (C=O) groups excluding carboxylic acids is 1. The fraction of sp³-hybridized carbons (Fsp3) is 0.562. The number of halogens is 1. The summed E-state index contributed by atoms with van der Waals surface area (Å²) in [5.41, 5.74) is 1.97. The van der Waals surface area contributed by atoms with Gasteiger partial charge < -0.3 is 9.64 Å². The van der Waals surface area contributed by atoms with E-state index in [4.69, 9.17) is 4.74 Å². The normalized spacial score (nSPS) is 16.8. The van der Waals surface area contributed by atoms with Crippen molar-refractivity contribution in [2.45, 2.75) is 11.8 Å². The average Bonchev–Trinajstić information content (AvgIpc) is 2.78. The summed E-state index contributed by atoms with van der Waals surface area (Å²) in [6.07, 6.45) is 1.02. The van der Waals surface area contributed by atoms with Crippen LogP contribution in [0.25, 0.3) is 0 Å². The van der Waals surface area contributed by atoms with Crippen molar-refractivity contribution in [2.75, 3.05) is 46.4 Å². The number of hydrogen-bond donors (Lipinski definition) is 0. The van der Waals surface area contributed by atoms with Gasteiger partial charge in [0.05, 0.1) is 6.61 Å². The largest absolute Gasteiger partial charge is 0.383 e. The lowest BCUT2D eigenvalue weighted by atomic mass is 10.1. The molecule has 0 atom stereocenters. The molecular formula is C16H23BrN2O2. The molecule has 2 rings (SSSR count). The second-order valence-electron chi connectivity index (χ2n) is 5.31. The number of amides is 1. The molecule has 5 heteroatoms. The number of ether oxygens (including phenoxy) is 1. The van der Waals surface area contributed by atoms with Gasteiger partial charge in [0.15, 0.2) is 0 Å². The Balaban J connectivity index is 1.92. The van der Waals surface area contributed by atoms with E-state index in [9.17, 15) is 4.79 Å². The Bertz CT molecular complexity index is 450. The Kier molecular flexibility index (Phi) is 6.67. The van der Waals surface area contributed by atoms with Crippen molar-refractivity contribution >= 4 is 21.8 Å². The molecule has 21 heavy (non-hydrogen) atoms. The number of carbonyl (C=O) groups is 1. The summed E-state index contributed by atoms with van der Waals surface area (Å²) >= 11 is 3.42. The minimum absolute atomic E-state index is 0.143. The number of benzene rings is 1. The van der Waals surface area contributed by atoms with Gasteiger partial charge in [0.25, 0.3) is 5.91 Å². The number of rotatable bonds is 5. The van der Waals surface area contributed by atoms with Crippen LogP contribution in [0.4, 0.5) is 0 Å². The zero-order valence-electron chi connectivity index (χ0n) is 12.6. The third-order valence-electron chi connectivity index (χ3n) is 3.84. The number of hydrogen-bond acceptors (Lipinski definition) is 3. The monoisotopic (exact) mass is 354 g/mol. The van der Waals surface area contributed by atoms with Crippen LogP contribution in [0.2, 0.25) is 0 Å². The zero-order valence-corrected chi connectivity index (χ0v) is 14.1. The molecule has 0 unspecified atom stereocenters. The summed E-state index contributed by atoms with van der Waals surface area (Å²) in [6.45, 7) is 5.29. The molecule has 1 saturated heterocycles. The fourth-order valence-electron chi connectivity index (χ4n) is 2.54. The van der Waals surface area contributed by atoms with Gasteiger partial charge in [-0.15, -0.1) is 0 Å². The molecule has 1 amide bonds. The first-order valence-corrected chi connectivity index (χ1v) is 8.52. The van der Waals surface area contributed by atoms with E-state index in [0.717, 1.165) is 56.6 Å². The molecule has 0 N–H and O–H groups in total. The van der Waals surface area contributed by atoms with E-state index in [1.165, 1.54) is 5.56 Å². The van der Waals surface area contributed by atoms with E-state index < -0.39 is 0 Å². The molecule has 0 spiro atoms. The summed E-state index contributed by atoms with van der Waals surface area (Å²) in [5.74, 6) is 0.143. The second kappa shape index (κ2) is 8.51. The molecule has 1 aromatic rings. The third kappa shape index (κ3) is 4.80. The van der Waals surface area contributed by atoms with E-state index in [0.29, 0.717) is 0 Å². The molecule has 0 aliphatic carbocycles. The fourth-order valence-corrected chi connectivity index (χ4v) is 2.91. The molecule has 0 aromatic heterocycles. The molecule has 1 aromatic carbocycles. The molecule has 0 saturated carbocycles. The van der Waals surface area contributed by atoms with Crippen molar-refractivity contribution in [1.29, 1.82) is 0 Å². The van der Waals surface area contributed by atoms with E-state index in [2.05, 4.69) is 20.8 Å². The van der Waals surface area contributed by atoms with Crippen LogP contribution in [0, 0.1) is 0 Å². The maximum atomic E-state index is 12.5. The highest BCUT2D eigenvalue weighted by Gasteiger charge is 2.19. The summed E-state index contributed by atoms with van der Waals surface area (Å²) in [4.78, 5) is 16.9. The zero-order chi connectivity index (χ0) is 15.1. The lowest BCUT2D eigenvalue weighted by Gasteiger charge is -2.22. The van der Waals surface area contributed by atoms with Gasteiger partial charge in [-0.1, -0.05) is 28.1 Å². The van der Waals surface area contributed by atoms with Crippen molar-refractivity contribution in [3.05, 3.63) is 35.4 Å². The minimum atomic E-state index is 0.143. The number of nitrogens with zero attached hydrogens (tertiary/aromatic N) is 2. The van der Waals surface area contributed by atoms with Crippen molar-refractivity contribution in [1.82, 2.24) is 9.80 Å². The first-order valence-electron chi connectivity index (χ1n) is 7.40. The van der Waals surface area contributed by atoms with E-state index in [1.54, 1.807) is 7.11 Å². The Labute approximate surface area is 135 Å². The number of methoxy groups -OCH3 is 1. The first kappa shape index (κ1) is 16.5. The van der Waals surface area contributed by atoms with Crippen molar-refractivity contribution in [3.8, 4) is 0 Å². The first-order chi connectivity index (χ1) is 10.2. The summed E-state index contributed by atoms with van der Waals surface area (Å²) in [7, 11) is 1.73. The van der Waals surface area contributed by atoms with Gasteiger partial charge in [0.2, 0.25) is 0 Å². The maximum Gasteiger partial charge on any atom is 0.253 e. The summed E-state index contributed by atoms with van der Waals surface area (Å²) < 4.78 is 5.12. The predicted molar refractivity (Wildman–Crippen MR) is 87.9 cm³/mol. The lowest BCUT2D eigenvalue weighted by Crippen LogP contribution is -2.36. The molecule has 0 radical (unpaired) electrons. The Hall–Kier alpha value is -0.910. The van der Waals surface area contributed by atoms with Crippen LogP contribution in [0.1, 0.15) is 22.3 Å². The van der Waals surface area contributed by atoms with Crippen molar-refractivity contribution in [3.63, 3.8) is 0 Å². The SMILES string of the molecule is COCCN1CCCN(C(=O)c2ccc(CBr)cc2)CC1. The summed E-state index contributed by atoms with van der Waals surface area (Å²) in [5, 5.41) is 0.819. The van der Waals surface area contributed by atoms with Gasteiger partial charge in [-0.05, 0) is 30.7 Å². The van der Waals surface area contributed by atoms with Gasteiger partial charge in [-0.25, -0.2) is 0 Å². The molecule has 1 aliphatic heterocycles. The molecular weight excluding hydrogens is 332 g/mol. The predicted octanol–water partition coefficient (Wildman–Crippen LogP) is 2.38. The molecule has 1 heterocycles. The van der Waals surface area contributed by atoms with Crippen LogP contribution in [0.3, 0.4) is 0 Å². The van der Waals surface area contributed by atoms with E-state index in [-0.39, 0.29) is 5.91 Å². The highest BCUT2D eigenvalue weighted by atomic mass is 79.9. The van der Waals surface area contributed by atoms with Crippen molar-refractivity contribution in [2.24, 2.45) is 0 Å². The van der Waals surface area contributed by atoms with Crippen LogP contribution >= 0.6 is 15.9 Å². The molecule has 1 aliphatic rings. The van der Waals surface area contributed by atoms with Gasteiger partial charge in [0.1, 0.15) is 0 Å². The Morgan fingerprint density at radius 2 is 1.95 bits per heavy atom. The van der Waals surface area contributed by atoms with Crippen LogP contribution in [-0.4, -0.2) is 62.1 Å². The van der Waals surface area contributed by atoms with Gasteiger partial charge in [-0.2, -0.15) is 0 Å². The topological polar surface area (TPSA) is 32.8 Å². The molecule has 116 valence electrons. The quantitative estimate of drug-likeness (QED) is 0.761. The molecule has 4 nitrogen and oxygen atoms in total. The lowest BCUT2D eigenvalue weighted by molar-refractivity contribution is 0.0759. The summed E-state index contributed by atoms with van der Waals surface area (Å²) in [6, 6.07) is 7.86. The van der Waals surface area contributed by atoms with Crippen LogP contribution < -0.4 is 0 Å². The third-order valence-corrected chi connectivity index (χ3v) is 4.49. The highest BCUT2D eigenvalue weighted by molar-refractivity contribution is 9.08. The minimum Gasteiger partial charge on any atom is -0.383 e. The van der Waals surface area contributed by atoms with Crippen LogP contribution in [0.5, 0.6) is 0 Å². The Morgan fingerprint density at radius 3 is 2.62 bits per heavy atom. The van der Waals surface area contributed by atoms with Crippen LogP contribution in [-0.2, 0) is 10.1 Å².